The summed E-state index contributed by atoms with van der Waals surface area (Å²) in [6.07, 6.45) is 1.07. The lowest BCUT2D eigenvalue weighted by Crippen LogP contribution is -2.28. The summed E-state index contributed by atoms with van der Waals surface area (Å²) in [6, 6.07) is 8.04. The largest absolute Gasteiger partial charge is 0.464 e. The zero-order valence-electron chi connectivity index (χ0n) is 11.3. The Morgan fingerprint density at radius 3 is 2.39 bits per heavy atom. The number of aliphatic hydroxyl groups is 1. The molecule has 2 atom stereocenters. The van der Waals surface area contributed by atoms with Crippen LogP contribution >= 0.6 is 0 Å². The Morgan fingerprint density at radius 1 is 1.28 bits per heavy atom. The summed E-state index contributed by atoms with van der Waals surface area (Å²) in [5.41, 5.74) is 2.23. The highest BCUT2D eigenvalue weighted by Gasteiger charge is 2.24. The van der Waals surface area contributed by atoms with Crippen LogP contribution in [0.25, 0.3) is 0 Å². The Bertz CT molecular complexity index is 370. The number of carbonyl (C=O) groups excluding carboxylic acids is 1. The van der Waals surface area contributed by atoms with Crippen molar-refractivity contribution in [1.82, 2.24) is 0 Å². The van der Waals surface area contributed by atoms with Crippen molar-refractivity contribution in [2.24, 2.45) is 0 Å². The standard InChI is InChI=1S/C15H22O3/c1-4-6-12-7-9-13(10-8-12)11(3)14(16)15(17)18-5-2/h7-11,14,16H,4-6H2,1-3H3. The van der Waals surface area contributed by atoms with Gasteiger partial charge in [-0.1, -0.05) is 44.5 Å². The number of benzene rings is 1. The molecule has 0 aliphatic heterocycles. The number of rotatable bonds is 6. The van der Waals surface area contributed by atoms with Crippen LogP contribution < -0.4 is 0 Å². The molecule has 3 nitrogen and oxygen atoms in total. The average molecular weight is 250 g/mol. The van der Waals surface area contributed by atoms with E-state index in [0.29, 0.717) is 0 Å². The van der Waals surface area contributed by atoms with E-state index in [1.165, 1.54) is 5.56 Å². The summed E-state index contributed by atoms with van der Waals surface area (Å²) in [5, 5.41) is 9.87. The molecule has 0 aliphatic rings. The minimum atomic E-state index is -1.10. The Kier molecular flexibility index (Phi) is 5.86. The topological polar surface area (TPSA) is 46.5 Å². The van der Waals surface area contributed by atoms with Crippen molar-refractivity contribution < 1.29 is 14.6 Å². The summed E-state index contributed by atoms with van der Waals surface area (Å²) in [4.78, 5) is 11.5. The van der Waals surface area contributed by atoms with Gasteiger partial charge < -0.3 is 9.84 Å². The third-order valence-corrected chi connectivity index (χ3v) is 3.05. The van der Waals surface area contributed by atoms with E-state index in [9.17, 15) is 9.90 Å². The normalized spacial score (nSPS) is 14.0. The van der Waals surface area contributed by atoms with Crippen molar-refractivity contribution in [3.05, 3.63) is 35.4 Å². The van der Waals surface area contributed by atoms with Crippen molar-refractivity contribution in [1.29, 1.82) is 0 Å². The lowest BCUT2D eigenvalue weighted by molar-refractivity contribution is -0.154. The summed E-state index contributed by atoms with van der Waals surface area (Å²) in [7, 11) is 0. The molecule has 2 unspecified atom stereocenters. The lowest BCUT2D eigenvalue weighted by Gasteiger charge is -2.18. The first kappa shape index (κ1) is 14.7. The number of aryl methyl sites for hydroxylation is 1. The zero-order chi connectivity index (χ0) is 13.5. The molecule has 100 valence electrons. The molecule has 0 radical (unpaired) electrons. The van der Waals surface area contributed by atoms with Gasteiger partial charge in [0, 0.05) is 5.92 Å². The number of aliphatic hydroxyl groups excluding tert-OH is 1. The van der Waals surface area contributed by atoms with Gasteiger partial charge in [-0.05, 0) is 24.5 Å². The van der Waals surface area contributed by atoms with E-state index < -0.39 is 12.1 Å². The van der Waals surface area contributed by atoms with Gasteiger partial charge in [0.1, 0.15) is 0 Å². The Morgan fingerprint density at radius 2 is 1.89 bits per heavy atom. The number of ether oxygens (including phenoxy) is 1. The molecule has 0 bridgehead atoms. The fourth-order valence-electron chi connectivity index (χ4n) is 1.89. The first-order valence-electron chi connectivity index (χ1n) is 6.53. The Balaban J connectivity index is 2.71. The van der Waals surface area contributed by atoms with Gasteiger partial charge in [0.2, 0.25) is 0 Å². The molecule has 3 heteroatoms. The van der Waals surface area contributed by atoms with Crippen LogP contribution in [-0.2, 0) is 16.0 Å². The van der Waals surface area contributed by atoms with Gasteiger partial charge in [0.05, 0.1) is 6.61 Å². The molecule has 0 heterocycles. The second-order valence-corrected chi connectivity index (χ2v) is 4.48. The van der Waals surface area contributed by atoms with Crippen LogP contribution in [0.3, 0.4) is 0 Å². The quantitative estimate of drug-likeness (QED) is 0.790. The van der Waals surface area contributed by atoms with E-state index in [2.05, 4.69) is 6.92 Å². The van der Waals surface area contributed by atoms with Gasteiger partial charge in [-0.2, -0.15) is 0 Å². The SMILES string of the molecule is CCCc1ccc(C(C)C(O)C(=O)OCC)cc1. The monoisotopic (exact) mass is 250 g/mol. The minimum absolute atomic E-state index is 0.250. The number of esters is 1. The lowest BCUT2D eigenvalue weighted by atomic mass is 9.94. The van der Waals surface area contributed by atoms with Crippen LogP contribution in [0.15, 0.2) is 24.3 Å². The molecular formula is C15H22O3. The molecule has 0 amide bonds. The fraction of sp³-hybridized carbons (Fsp3) is 0.533. The van der Waals surface area contributed by atoms with E-state index in [0.717, 1.165) is 18.4 Å². The summed E-state index contributed by atoms with van der Waals surface area (Å²) >= 11 is 0. The molecule has 1 rings (SSSR count). The molecule has 0 spiro atoms. The predicted molar refractivity (Wildman–Crippen MR) is 71.5 cm³/mol. The van der Waals surface area contributed by atoms with E-state index in [1.807, 2.05) is 31.2 Å². The van der Waals surface area contributed by atoms with Gasteiger partial charge in [-0.15, -0.1) is 0 Å². The van der Waals surface area contributed by atoms with Crippen molar-refractivity contribution >= 4 is 5.97 Å². The van der Waals surface area contributed by atoms with Gasteiger partial charge >= 0.3 is 5.97 Å². The Labute approximate surface area is 109 Å². The van der Waals surface area contributed by atoms with Crippen molar-refractivity contribution in [3.63, 3.8) is 0 Å². The smallest absolute Gasteiger partial charge is 0.335 e. The van der Waals surface area contributed by atoms with Crippen LogP contribution in [0.4, 0.5) is 0 Å². The van der Waals surface area contributed by atoms with Crippen LogP contribution in [0.5, 0.6) is 0 Å². The zero-order valence-corrected chi connectivity index (χ0v) is 11.3. The maximum atomic E-state index is 11.5. The molecular weight excluding hydrogens is 228 g/mol. The molecule has 0 saturated carbocycles. The summed E-state index contributed by atoms with van der Waals surface area (Å²) in [6.45, 7) is 5.99. The fourth-order valence-corrected chi connectivity index (χ4v) is 1.89. The van der Waals surface area contributed by atoms with Gasteiger partial charge in [0.15, 0.2) is 6.10 Å². The van der Waals surface area contributed by atoms with E-state index in [-0.39, 0.29) is 12.5 Å². The molecule has 1 N–H and O–H groups in total. The van der Waals surface area contributed by atoms with Crippen LogP contribution in [0.2, 0.25) is 0 Å². The highest BCUT2D eigenvalue weighted by molar-refractivity contribution is 5.75. The summed E-state index contributed by atoms with van der Waals surface area (Å²) < 4.78 is 4.82. The third-order valence-electron chi connectivity index (χ3n) is 3.05. The van der Waals surface area contributed by atoms with E-state index in [1.54, 1.807) is 6.92 Å². The first-order valence-corrected chi connectivity index (χ1v) is 6.53. The average Bonchev–Trinajstić information content (AvgIpc) is 2.38. The van der Waals surface area contributed by atoms with Crippen molar-refractivity contribution in [2.75, 3.05) is 6.61 Å². The number of hydrogen-bond donors (Lipinski definition) is 1. The maximum Gasteiger partial charge on any atom is 0.335 e. The molecule has 0 aliphatic carbocycles. The van der Waals surface area contributed by atoms with Gasteiger partial charge in [-0.25, -0.2) is 4.79 Å². The van der Waals surface area contributed by atoms with Gasteiger partial charge in [0.25, 0.3) is 0 Å². The summed E-state index contributed by atoms with van der Waals surface area (Å²) in [5.74, 6) is -0.803. The van der Waals surface area contributed by atoms with Crippen LogP contribution in [0, 0.1) is 0 Å². The first-order chi connectivity index (χ1) is 8.60. The number of carbonyl (C=O) groups is 1. The highest BCUT2D eigenvalue weighted by Crippen LogP contribution is 2.21. The van der Waals surface area contributed by atoms with Crippen LogP contribution in [0.1, 0.15) is 44.2 Å². The second kappa shape index (κ2) is 7.17. The van der Waals surface area contributed by atoms with Crippen molar-refractivity contribution in [2.45, 2.75) is 45.6 Å². The van der Waals surface area contributed by atoms with E-state index >= 15 is 0 Å². The van der Waals surface area contributed by atoms with Crippen molar-refractivity contribution in [3.8, 4) is 0 Å². The molecule has 0 saturated heterocycles. The highest BCUT2D eigenvalue weighted by atomic mass is 16.5. The predicted octanol–water partition coefficient (Wildman–Crippen LogP) is 2.67. The number of hydrogen-bond acceptors (Lipinski definition) is 3. The second-order valence-electron chi connectivity index (χ2n) is 4.48. The molecule has 0 aromatic heterocycles. The third kappa shape index (κ3) is 3.84. The molecule has 1 aromatic rings. The Hall–Kier alpha value is -1.35. The van der Waals surface area contributed by atoms with Gasteiger partial charge in [-0.3, -0.25) is 0 Å². The maximum absolute atomic E-state index is 11.5. The van der Waals surface area contributed by atoms with E-state index in [4.69, 9.17) is 4.74 Å². The molecule has 0 fully saturated rings. The minimum Gasteiger partial charge on any atom is -0.464 e. The van der Waals surface area contributed by atoms with Crippen LogP contribution in [-0.4, -0.2) is 23.8 Å². The molecule has 18 heavy (non-hydrogen) atoms. The molecule has 1 aromatic carbocycles.